The molecule has 0 aromatic carbocycles. The molecule has 31 heavy (non-hydrogen) atoms. The fourth-order valence-corrected chi connectivity index (χ4v) is 4.45. The molecule has 1 aliphatic carbocycles. The van der Waals surface area contributed by atoms with Crippen LogP contribution in [-0.2, 0) is 25.8 Å². The molecule has 2 fully saturated rings. The van der Waals surface area contributed by atoms with E-state index in [0.29, 0.717) is 30.0 Å². The normalized spacial score (nSPS) is 23.8. The van der Waals surface area contributed by atoms with Gasteiger partial charge in [-0.25, -0.2) is 15.1 Å². The number of carbonyl (C=O) groups is 1. The Bertz CT molecular complexity index is 1020. The van der Waals surface area contributed by atoms with Crippen LogP contribution in [0.4, 0.5) is 5.82 Å². The summed E-state index contributed by atoms with van der Waals surface area (Å²) in [5.74, 6) is 0.235. The molecule has 2 aromatic rings. The highest BCUT2D eigenvalue weighted by Gasteiger charge is 2.28. The van der Waals surface area contributed by atoms with Crippen LogP contribution in [0.5, 0.6) is 0 Å². The summed E-state index contributed by atoms with van der Waals surface area (Å²) >= 11 is 0. The van der Waals surface area contributed by atoms with Crippen LogP contribution in [0.2, 0.25) is 0 Å². The average Bonchev–Trinajstić information content (AvgIpc) is 3.49. The summed E-state index contributed by atoms with van der Waals surface area (Å²) in [5, 5.41) is 12.6. The molecule has 3 heterocycles. The first-order valence-corrected chi connectivity index (χ1v) is 11.8. The summed E-state index contributed by atoms with van der Waals surface area (Å²) in [4.78, 5) is 21.3. The number of rotatable bonds is 9. The van der Waals surface area contributed by atoms with Crippen molar-refractivity contribution in [2.75, 3.05) is 18.5 Å². The van der Waals surface area contributed by atoms with Gasteiger partial charge in [-0.2, -0.15) is 13.5 Å². The average molecular weight is 451 g/mol. The molecule has 168 valence electrons. The number of hydrogen-bond donors (Lipinski definition) is 2. The number of ether oxygens (including phenoxy) is 1. The lowest BCUT2D eigenvalue weighted by Crippen LogP contribution is -2.22. The van der Waals surface area contributed by atoms with Crippen molar-refractivity contribution in [3.05, 3.63) is 36.0 Å². The first-order chi connectivity index (χ1) is 14.9. The minimum atomic E-state index is -3.94. The molecule has 0 spiro atoms. The molecule has 2 aliphatic rings. The molecule has 0 amide bonds. The quantitative estimate of drug-likeness (QED) is 0.530. The van der Waals surface area contributed by atoms with Gasteiger partial charge in [0, 0.05) is 25.0 Å². The number of anilines is 1. The standard InChI is InChI=1S/C19H26N6O5S/c20-31(27,28)30-11-13-3-4-14(8-13)23-19-16(9-21-12-22-19)18(26)17-5-6-25(24-17)10-15-2-1-7-29-15/h5-6,9,12-15H,1-4,7-8,10-11H2,(H2,20,27,28)(H,21,22,23). The molecule has 1 saturated heterocycles. The van der Waals surface area contributed by atoms with E-state index < -0.39 is 10.3 Å². The molecule has 3 atom stereocenters. The fourth-order valence-electron chi connectivity index (χ4n) is 4.07. The van der Waals surface area contributed by atoms with Gasteiger partial charge in [0.1, 0.15) is 17.8 Å². The number of hydrogen-bond acceptors (Lipinski definition) is 9. The van der Waals surface area contributed by atoms with Crippen molar-refractivity contribution in [2.45, 2.75) is 50.8 Å². The Labute approximate surface area is 180 Å². The zero-order valence-corrected chi connectivity index (χ0v) is 17.8. The summed E-state index contributed by atoms with van der Waals surface area (Å²) in [5.41, 5.74) is 0.663. The van der Waals surface area contributed by atoms with E-state index in [-0.39, 0.29) is 30.5 Å². The highest BCUT2D eigenvalue weighted by atomic mass is 32.2. The van der Waals surface area contributed by atoms with Gasteiger partial charge >= 0.3 is 10.3 Å². The summed E-state index contributed by atoms with van der Waals surface area (Å²) in [6.45, 7) is 1.44. The van der Waals surface area contributed by atoms with Crippen molar-refractivity contribution in [3.63, 3.8) is 0 Å². The van der Waals surface area contributed by atoms with Gasteiger partial charge in [-0.3, -0.25) is 13.7 Å². The smallest absolute Gasteiger partial charge is 0.333 e. The van der Waals surface area contributed by atoms with Crippen molar-refractivity contribution in [1.82, 2.24) is 19.7 Å². The van der Waals surface area contributed by atoms with Gasteiger partial charge in [0.2, 0.25) is 5.78 Å². The van der Waals surface area contributed by atoms with Gasteiger partial charge in [-0.05, 0) is 44.1 Å². The molecular formula is C19H26N6O5S. The Morgan fingerprint density at radius 1 is 1.35 bits per heavy atom. The molecule has 0 bridgehead atoms. The van der Waals surface area contributed by atoms with Gasteiger partial charge in [0.05, 0.1) is 24.8 Å². The third kappa shape index (κ3) is 5.85. The van der Waals surface area contributed by atoms with Crippen molar-refractivity contribution < 1.29 is 22.1 Å². The summed E-state index contributed by atoms with van der Waals surface area (Å²) in [7, 11) is -3.94. The maximum Gasteiger partial charge on any atom is 0.333 e. The SMILES string of the molecule is NS(=O)(=O)OCC1CCC(Nc2ncncc2C(=O)c2ccn(CC3CCCO3)n2)C1. The monoisotopic (exact) mass is 450 g/mol. The number of nitrogens with zero attached hydrogens (tertiary/aromatic N) is 4. The Balaban J connectivity index is 1.39. The second-order valence-electron chi connectivity index (χ2n) is 7.97. The zero-order valence-electron chi connectivity index (χ0n) is 17.0. The maximum atomic E-state index is 13.0. The molecule has 1 saturated carbocycles. The van der Waals surface area contributed by atoms with Crippen molar-refractivity contribution >= 4 is 21.9 Å². The Morgan fingerprint density at radius 2 is 2.23 bits per heavy atom. The van der Waals surface area contributed by atoms with Crippen LogP contribution in [0.3, 0.4) is 0 Å². The highest BCUT2D eigenvalue weighted by Crippen LogP contribution is 2.29. The summed E-state index contributed by atoms with van der Waals surface area (Å²) < 4.78 is 34.0. The topological polar surface area (TPSA) is 151 Å². The van der Waals surface area contributed by atoms with Gasteiger partial charge in [0.25, 0.3) is 0 Å². The Kier molecular flexibility index (Phi) is 6.60. The maximum absolute atomic E-state index is 13.0. The van der Waals surface area contributed by atoms with E-state index in [0.717, 1.165) is 32.3 Å². The molecular weight excluding hydrogens is 424 g/mol. The third-order valence-electron chi connectivity index (χ3n) is 5.59. The fraction of sp³-hybridized carbons (Fsp3) is 0.579. The van der Waals surface area contributed by atoms with Crippen molar-refractivity contribution in [2.24, 2.45) is 11.1 Å². The lowest BCUT2D eigenvalue weighted by Gasteiger charge is -2.15. The molecule has 3 unspecified atom stereocenters. The molecule has 2 aromatic heterocycles. The first-order valence-electron chi connectivity index (χ1n) is 10.3. The Hall–Kier alpha value is -2.41. The number of carbonyl (C=O) groups excluding carboxylic acids is 1. The first kappa shape index (κ1) is 21.8. The van der Waals surface area contributed by atoms with Crippen LogP contribution in [0, 0.1) is 5.92 Å². The molecule has 1 aliphatic heterocycles. The van der Waals surface area contributed by atoms with Gasteiger partial charge in [-0.1, -0.05) is 0 Å². The lowest BCUT2D eigenvalue weighted by molar-refractivity contribution is 0.0932. The summed E-state index contributed by atoms with van der Waals surface area (Å²) in [6, 6.07) is 1.72. The molecule has 3 N–H and O–H groups in total. The van der Waals surface area contributed by atoms with Crippen molar-refractivity contribution in [3.8, 4) is 0 Å². The van der Waals surface area contributed by atoms with E-state index in [2.05, 4.69) is 20.4 Å². The van der Waals surface area contributed by atoms with E-state index in [9.17, 15) is 13.2 Å². The summed E-state index contributed by atoms with van der Waals surface area (Å²) in [6.07, 6.45) is 9.08. The number of aromatic nitrogens is 4. The minimum Gasteiger partial charge on any atom is -0.376 e. The molecule has 11 nitrogen and oxygen atoms in total. The zero-order chi connectivity index (χ0) is 21.8. The third-order valence-corrected chi connectivity index (χ3v) is 6.06. The van der Waals surface area contributed by atoms with Crippen LogP contribution in [-0.4, -0.2) is 59.3 Å². The largest absolute Gasteiger partial charge is 0.376 e. The highest BCUT2D eigenvalue weighted by molar-refractivity contribution is 7.84. The van der Waals surface area contributed by atoms with Crippen LogP contribution in [0.15, 0.2) is 24.8 Å². The molecule has 0 radical (unpaired) electrons. The van der Waals surface area contributed by atoms with Crippen LogP contribution in [0.25, 0.3) is 0 Å². The predicted octanol–water partition coefficient (Wildman–Crippen LogP) is 0.884. The van der Waals surface area contributed by atoms with E-state index in [4.69, 9.17) is 14.1 Å². The number of ketones is 1. The van der Waals surface area contributed by atoms with Gasteiger partial charge in [0.15, 0.2) is 0 Å². The predicted molar refractivity (Wildman–Crippen MR) is 110 cm³/mol. The van der Waals surface area contributed by atoms with Gasteiger partial charge < -0.3 is 10.1 Å². The Morgan fingerprint density at radius 3 is 3.00 bits per heavy atom. The minimum absolute atomic E-state index is 0.0348. The van der Waals surface area contributed by atoms with E-state index in [1.165, 1.54) is 12.5 Å². The molecule has 12 heteroatoms. The van der Waals surface area contributed by atoms with E-state index in [1.54, 1.807) is 16.9 Å². The second-order valence-corrected chi connectivity index (χ2v) is 9.19. The van der Waals surface area contributed by atoms with Crippen LogP contribution < -0.4 is 10.5 Å². The molecule has 4 rings (SSSR count). The van der Waals surface area contributed by atoms with Gasteiger partial charge in [-0.15, -0.1) is 0 Å². The number of nitrogens with one attached hydrogen (secondary N) is 1. The number of nitrogens with two attached hydrogens (primary N) is 1. The van der Waals surface area contributed by atoms with Crippen LogP contribution in [0.1, 0.15) is 48.2 Å². The second kappa shape index (κ2) is 9.39. The van der Waals surface area contributed by atoms with Crippen LogP contribution >= 0.6 is 0 Å². The lowest BCUT2D eigenvalue weighted by atomic mass is 10.1. The van der Waals surface area contributed by atoms with E-state index >= 15 is 0 Å². The van der Waals surface area contributed by atoms with E-state index in [1.807, 2.05) is 0 Å². The van der Waals surface area contributed by atoms with Crippen molar-refractivity contribution in [1.29, 1.82) is 0 Å².